The number of benzene rings is 2. The average molecular weight is 464 g/mol. The van der Waals surface area contributed by atoms with Crippen LogP contribution in [0.2, 0.25) is 0 Å². The molecule has 3 atom stereocenters. The van der Waals surface area contributed by atoms with Gasteiger partial charge in [-0.1, -0.05) is 36.4 Å². The standard InChI is InChI=1S/C25H24N2O7/c1-16-14-27(25(31)26(2)22(16)28)21-13-19(34-24(30)18-11-7-4-8-12-18)20(33-21)15-32-23(29)17-9-5-3-6-10-17/h3-12,14,19-21H,13,15H2,1-2H3/t19?,20-,21-/m0/s1. The Hall–Kier alpha value is -3.98. The van der Waals surface area contributed by atoms with Crippen LogP contribution in [-0.2, 0) is 21.3 Å². The molecule has 2 heterocycles. The molecule has 1 aliphatic heterocycles. The van der Waals surface area contributed by atoms with Crippen LogP contribution in [0.15, 0.2) is 76.4 Å². The zero-order valence-electron chi connectivity index (χ0n) is 18.7. The summed E-state index contributed by atoms with van der Waals surface area (Å²) in [5.41, 5.74) is 0.138. The molecule has 4 rings (SSSR count). The number of nitrogens with zero attached hydrogens (tertiary/aromatic N) is 2. The summed E-state index contributed by atoms with van der Waals surface area (Å²) >= 11 is 0. The number of aryl methyl sites for hydroxylation is 1. The molecule has 176 valence electrons. The lowest BCUT2D eigenvalue weighted by Crippen LogP contribution is -2.40. The van der Waals surface area contributed by atoms with Gasteiger partial charge in [-0.25, -0.2) is 14.4 Å². The van der Waals surface area contributed by atoms with Gasteiger partial charge in [-0.05, 0) is 31.2 Å². The van der Waals surface area contributed by atoms with Crippen molar-refractivity contribution in [2.24, 2.45) is 7.05 Å². The largest absolute Gasteiger partial charge is 0.459 e. The summed E-state index contributed by atoms with van der Waals surface area (Å²) < 4.78 is 19.4. The van der Waals surface area contributed by atoms with E-state index in [-0.39, 0.29) is 13.0 Å². The monoisotopic (exact) mass is 464 g/mol. The van der Waals surface area contributed by atoms with Gasteiger partial charge in [0, 0.05) is 25.2 Å². The molecule has 1 unspecified atom stereocenters. The van der Waals surface area contributed by atoms with E-state index < -0.39 is 41.6 Å². The molecule has 0 radical (unpaired) electrons. The highest BCUT2D eigenvalue weighted by atomic mass is 16.6. The molecule has 0 saturated carbocycles. The number of ether oxygens (including phenoxy) is 3. The van der Waals surface area contributed by atoms with Crippen LogP contribution in [0.25, 0.3) is 0 Å². The van der Waals surface area contributed by atoms with E-state index in [1.807, 2.05) is 0 Å². The lowest BCUT2D eigenvalue weighted by molar-refractivity contribution is -0.0585. The van der Waals surface area contributed by atoms with E-state index in [0.29, 0.717) is 16.7 Å². The van der Waals surface area contributed by atoms with Crippen LogP contribution in [0.3, 0.4) is 0 Å². The van der Waals surface area contributed by atoms with Crippen molar-refractivity contribution in [1.29, 1.82) is 0 Å². The van der Waals surface area contributed by atoms with Crippen LogP contribution < -0.4 is 11.2 Å². The normalized spacial score (nSPS) is 19.5. The minimum atomic E-state index is -0.813. The highest BCUT2D eigenvalue weighted by Crippen LogP contribution is 2.31. The maximum atomic E-state index is 12.7. The van der Waals surface area contributed by atoms with E-state index in [4.69, 9.17) is 14.2 Å². The molecule has 2 aromatic carbocycles. The summed E-state index contributed by atoms with van der Waals surface area (Å²) in [4.78, 5) is 49.8. The zero-order valence-corrected chi connectivity index (χ0v) is 18.7. The Morgan fingerprint density at radius 2 is 1.56 bits per heavy atom. The maximum Gasteiger partial charge on any atom is 0.338 e. The van der Waals surface area contributed by atoms with Gasteiger partial charge in [-0.3, -0.25) is 13.9 Å². The molecular weight excluding hydrogens is 440 g/mol. The van der Waals surface area contributed by atoms with Crippen molar-refractivity contribution >= 4 is 11.9 Å². The molecule has 3 aromatic rings. The Bertz CT molecular complexity index is 1300. The maximum absolute atomic E-state index is 12.7. The van der Waals surface area contributed by atoms with Gasteiger partial charge in [0.15, 0.2) is 0 Å². The Morgan fingerprint density at radius 1 is 0.971 bits per heavy atom. The smallest absolute Gasteiger partial charge is 0.338 e. The van der Waals surface area contributed by atoms with Gasteiger partial charge in [-0.2, -0.15) is 0 Å². The van der Waals surface area contributed by atoms with Gasteiger partial charge in [0.1, 0.15) is 25.0 Å². The molecule has 0 N–H and O–H groups in total. The predicted octanol–water partition coefficient (Wildman–Crippen LogP) is 2.23. The molecular formula is C25H24N2O7. The third-order valence-electron chi connectivity index (χ3n) is 5.63. The van der Waals surface area contributed by atoms with Crippen LogP contribution in [0, 0.1) is 6.92 Å². The molecule has 0 spiro atoms. The molecule has 1 aromatic heterocycles. The first-order valence-electron chi connectivity index (χ1n) is 10.8. The van der Waals surface area contributed by atoms with Crippen molar-refractivity contribution < 1.29 is 23.8 Å². The molecule has 0 amide bonds. The number of carbonyl (C=O) groups excluding carboxylic acids is 2. The minimum Gasteiger partial charge on any atom is -0.459 e. The van der Waals surface area contributed by atoms with Gasteiger partial charge >= 0.3 is 17.6 Å². The fraction of sp³-hybridized carbons (Fsp3) is 0.280. The highest BCUT2D eigenvalue weighted by Gasteiger charge is 2.40. The first-order chi connectivity index (χ1) is 16.3. The second kappa shape index (κ2) is 9.88. The molecule has 1 aliphatic rings. The summed E-state index contributed by atoms with van der Waals surface area (Å²) in [6, 6.07) is 16.9. The molecule has 0 aliphatic carbocycles. The van der Waals surface area contributed by atoms with E-state index in [2.05, 4.69) is 0 Å². The van der Waals surface area contributed by atoms with Crippen molar-refractivity contribution in [3.05, 3.63) is 104 Å². The molecule has 1 saturated heterocycles. The molecule has 34 heavy (non-hydrogen) atoms. The lowest BCUT2D eigenvalue weighted by atomic mass is 10.1. The third-order valence-corrected chi connectivity index (χ3v) is 5.63. The summed E-state index contributed by atoms with van der Waals surface area (Å²) in [6.07, 6.45) is -0.847. The predicted molar refractivity (Wildman–Crippen MR) is 122 cm³/mol. The van der Waals surface area contributed by atoms with Crippen molar-refractivity contribution in [3.63, 3.8) is 0 Å². The quantitative estimate of drug-likeness (QED) is 0.515. The van der Waals surface area contributed by atoms with Crippen molar-refractivity contribution in [2.75, 3.05) is 6.61 Å². The zero-order chi connectivity index (χ0) is 24.2. The Labute approximate surface area is 195 Å². The SMILES string of the molecule is Cc1cn([C@@H]2CC(OC(=O)c3ccccc3)[C@H](COC(=O)c3ccccc3)O2)c(=O)n(C)c1=O. The van der Waals surface area contributed by atoms with Crippen LogP contribution in [0.4, 0.5) is 0 Å². The Kier molecular flexibility index (Phi) is 6.74. The second-order valence-electron chi connectivity index (χ2n) is 8.01. The van der Waals surface area contributed by atoms with E-state index >= 15 is 0 Å². The summed E-state index contributed by atoms with van der Waals surface area (Å²) in [7, 11) is 1.38. The first-order valence-corrected chi connectivity index (χ1v) is 10.8. The Morgan fingerprint density at radius 3 is 2.18 bits per heavy atom. The van der Waals surface area contributed by atoms with Crippen LogP contribution in [0.5, 0.6) is 0 Å². The molecule has 9 nitrogen and oxygen atoms in total. The Balaban J connectivity index is 1.56. The molecule has 1 fully saturated rings. The summed E-state index contributed by atoms with van der Waals surface area (Å²) in [5, 5.41) is 0. The van der Waals surface area contributed by atoms with E-state index in [0.717, 1.165) is 4.57 Å². The number of esters is 2. The second-order valence-corrected chi connectivity index (χ2v) is 8.01. The summed E-state index contributed by atoms with van der Waals surface area (Å²) in [6.45, 7) is 1.41. The van der Waals surface area contributed by atoms with Crippen LogP contribution in [-0.4, -0.2) is 39.9 Å². The van der Waals surface area contributed by atoms with Gasteiger partial charge in [0.05, 0.1) is 11.1 Å². The molecule has 9 heteroatoms. The van der Waals surface area contributed by atoms with Gasteiger partial charge in [-0.15, -0.1) is 0 Å². The van der Waals surface area contributed by atoms with Crippen molar-refractivity contribution in [1.82, 2.24) is 9.13 Å². The highest BCUT2D eigenvalue weighted by molar-refractivity contribution is 5.90. The van der Waals surface area contributed by atoms with Gasteiger partial charge in [0.2, 0.25) is 0 Å². The van der Waals surface area contributed by atoms with E-state index in [1.165, 1.54) is 17.8 Å². The third kappa shape index (κ3) is 4.84. The van der Waals surface area contributed by atoms with Crippen molar-refractivity contribution in [3.8, 4) is 0 Å². The van der Waals surface area contributed by atoms with Crippen LogP contribution >= 0.6 is 0 Å². The van der Waals surface area contributed by atoms with Crippen LogP contribution in [0.1, 0.15) is 38.9 Å². The van der Waals surface area contributed by atoms with Gasteiger partial charge in [0.25, 0.3) is 5.56 Å². The minimum absolute atomic E-state index is 0.143. The van der Waals surface area contributed by atoms with E-state index in [1.54, 1.807) is 67.6 Å². The number of rotatable bonds is 6. The topological polar surface area (TPSA) is 106 Å². The van der Waals surface area contributed by atoms with Gasteiger partial charge < -0.3 is 14.2 Å². The fourth-order valence-electron chi connectivity index (χ4n) is 3.79. The van der Waals surface area contributed by atoms with E-state index in [9.17, 15) is 19.2 Å². The summed E-state index contributed by atoms with van der Waals surface area (Å²) in [5.74, 6) is -1.10. The number of hydrogen-bond donors (Lipinski definition) is 0. The number of aromatic nitrogens is 2. The number of hydrogen-bond acceptors (Lipinski definition) is 7. The van der Waals surface area contributed by atoms with Crippen molar-refractivity contribution in [2.45, 2.75) is 31.8 Å². The average Bonchev–Trinajstić information content (AvgIpc) is 3.26. The molecule has 0 bridgehead atoms. The fourth-order valence-corrected chi connectivity index (χ4v) is 3.79. The number of carbonyl (C=O) groups is 2. The first kappa shape index (κ1) is 23.2. The lowest BCUT2D eigenvalue weighted by Gasteiger charge is -2.19.